The van der Waals surface area contributed by atoms with Crippen LogP contribution in [0.5, 0.6) is 0 Å². The number of nitrogens with one attached hydrogen (secondary N) is 1. The summed E-state index contributed by atoms with van der Waals surface area (Å²) >= 11 is 7.30. The summed E-state index contributed by atoms with van der Waals surface area (Å²) in [6, 6.07) is 8.32. The lowest BCUT2D eigenvalue weighted by atomic mass is 10.2. The van der Waals surface area contributed by atoms with E-state index in [2.05, 4.69) is 5.32 Å². The highest BCUT2D eigenvalue weighted by Crippen LogP contribution is 2.26. The van der Waals surface area contributed by atoms with Crippen molar-refractivity contribution in [1.82, 2.24) is 0 Å². The first kappa shape index (κ1) is 12.7. The van der Waals surface area contributed by atoms with E-state index in [-0.39, 0.29) is 11.4 Å². The van der Waals surface area contributed by atoms with E-state index in [0.717, 1.165) is 14.9 Å². The van der Waals surface area contributed by atoms with Gasteiger partial charge in [0.15, 0.2) is 0 Å². The highest BCUT2D eigenvalue weighted by molar-refractivity contribution is 7.16. The standard InChI is InChI=1S/C11H10ClN3O2S/c12-11-4-2-8(18-11)6-14-7-1-3-10(15(16)17)9(13)5-7/h1-5,14H,6,13H2. The summed E-state index contributed by atoms with van der Waals surface area (Å²) in [4.78, 5) is 11.2. The molecule has 0 aliphatic rings. The molecule has 94 valence electrons. The fourth-order valence-electron chi connectivity index (χ4n) is 1.47. The Balaban J connectivity index is 2.06. The van der Waals surface area contributed by atoms with E-state index in [1.54, 1.807) is 12.1 Å². The number of benzene rings is 1. The van der Waals surface area contributed by atoms with Crippen molar-refractivity contribution in [2.45, 2.75) is 6.54 Å². The van der Waals surface area contributed by atoms with Crippen molar-refractivity contribution in [2.75, 3.05) is 11.1 Å². The van der Waals surface area contributed by atoms with Gasteiger partial charge in [0.2, 0.25) is 0 Å². The maximum absolute atomic E-state index is 10.6. The van der Waals surface area contributed by atoms with Crippen molar-refractivity contribution in [3.05, 3.63) is 49.7 Å². The molecule has 2 aromatic rings. The van der Waals surface area contributed by atoms with Crippen LogP contribution in [-0.4, -0.2) is 4.92 Å². The van der Waals surface area contributed by atoms with Gasteiger partial charge in [0.05, 0.1) is 9.26 Å². The molecule has 0 atom stereocenters. The molecule has 1 aromatic carbocycles. The lowest BCUT2D eigenvalue weighted by molar-refractivity contribution is -0.383. The third kappa shape index (κ3) is 2.91. The number of thiophene rings is 1. The zero-order chi connectivity index (χ0) is 13.1. The number of hydrogen-bond acceptors (Lipinski definition) is 5. The van der Waals surface area contributed by atoms with Crippen LogP contribution in [0.3, 0.4) is 0 Å². The van der Waals surface area contributed by atoms with Gasteiger partial charge in [-0.1, -0.05) is 11.6 Å². The SMILES string of the molecule is Nc1cc(NCc2ccc(Cl)s2)ccc1[N+](=O)[O-]. The lowest BCUT2D eigenvalue weighted by Crippen LogP contribution is -2.00. The Morgan fingerprint density at radius 3 is 2.72 bits per heavy atom. The molecule has 0 radical (unpaired) electrons. The third-order valence-electron chi connectivity index (χ3n) is 2.32. The lowest BCUT2D eigenvalue weighted by Gasteiger charge is -2.05. The molecule has 0 bridgehead atoms. The number of anilines is 2. The molecule has 0 saturated carbocycles. The molecule has 0 aliphatic carbocycles. The van der Waals surface area contributed by atoms with Crippen LogP contribution in [0.1, 0.15) is 4.88 Å². The summed E-state index contributed by atoms with van der Waals surface area (Å²) in [7, 11) is 0. The van der Waals surface area contributed by atoms with Gasteiger partial charge >= 0.3 is 0 Å². The van der Waals surface area contributed by atoms with Gasteiger partial charge in [0.1, 0.15) is 5.69 Å². The van der Waals surface area contributed by atoms with Gasteiger partial charge in [-0.15, -0.1) is 11.3 Å². The highest BCUT2D eigenvalue weighted by atomic mass is 35.5. The fourth-order valence-corrected chi connectivity index (χ4v) is 2.49. The second kappa shape index (κ2) is 5.24. The number of hydrogen-bond donors (Lipinski definition) is 2. The van der Waals surface area contributed by atoms with Crippen molar-refractivity contribution in [3.8, 4) is 0 Å². The minimum atomic E-state index is -0.502. The van der Waals surface area contributed by atoms with E-state index in [1.807, 2.05) is 12.1 Å². The highest BCUT2D eigenvalue weighted by Gasteiger charge is 2.10. The van der Waals surface area contributed by atoms with Gasteiger partial charge in [-0.05, 0) is 24.3 Å². The number of nitro groups is 1. The average Bonchev–Trinajstić information content (AvgIpc) is 2.72. The summed E-state index contributed by atoms with van der Waals surface area (Å²) in [5, 5.41) is 13.7. The predicted octanol–water partition coefficient (Wildman–Crippen LogP) is 3.50. The number of rotatable bonds is 4. The Kier molecular flexibility index (Phi) is 3.69. The van der Waals surface area contributed by atoms with E-state index >= 15 is 0 Å². The maximum atomic E-state index is 10.6. The zero-order valence-electron chi connectivity index (χ0n) is 9.22. The molecule has 5 nitrogen and oxygen atoms in total. The molecule has 1 aromatic heterocycles. The first-order valence-corrected chi connectivity index (χ1v) is 6.27. The number of nitro benzene ring substituents is 1. The Hall–Kier alpha value is -1.79. The second-order valence-corrected chi connectivity index (χ2v) is 5.39. The topological polar surface area (TPSA) is 81.2 Å². The monoisotopic (exact) mass is 283 g/mol. The van der Waals surface area contributed by atoms with Gasteiger partial charge in [0.25, 0.3) is 5.69 Å². The molecule has 0 fully saturated rings. The number of nitrogens with two attached hydrogens (primary N) is 1. The Morgan fingerprint density at radius 2 is 2.17 bits per heavy atom. The van der Waals surface area contributed by atoms with Crippen molar-refractivity contribution in [3.63, 3.8) is 0 Å². The van der Waals surface area contributed by atoms with Crippen molar-refractivity contribution in [1.29, 1.82) is 0 Å². The molecular weight excluding hydrogens is 274 g/mol. The van der Waals surface area contributed by atoms with Crippen LogP contribution in [0, 0.1) is 10.1 Å². The van der Waals surface area contributed by atoms with Crippen molar-refractivity contribution < 1.29 is 4.92 Å². The number of halogens is 1. The quantitative estimate of drug-likeness (QED) is 0.511. The summed E-state index contributed by atoms with van der Waals surface area (Å²) in [6.45, 7) is 0.606. The molecule has 0 spiro atoms. The van der Waals surface area contributed by atoms with E-state index in [4.69, 9.17) is 17.3 Å². The third-order valence-corrected chi connectivity index (χ3v) is 3.55. The van der Waals surface area contributed by atoms with Gasteiger partial charge in [-0.3, -0.25) is 10.1 Å². The smallest absolute Gasteiger partial charge is 0.292 e. The Morgan fingerprint density at radius 1 is 1.39 bits per heavy atom. The molecule has 0 aliphatic heterocycles. The van der Waals surface area contributed by atoms with Crippen LogP contribution < -0.4 is 11.1 Å². The maximum Gasteiger partial charge on any atom is 0.292 e. The van der Waals surface area contributed by atoms with E-state index in [0.29, 0.717) is 6.54 Å². The normalized spacial score (nSPS) is 10.3. The molecule has 0 amide bonds. The summed E-state index contributed by atoms with van der Waals surface area (Å²) in [5.41, 5.74) is 6.40. The molecular formula is C11H10ClN3O2S. The van der Waals surface area contributed by atoms with Gasteiger partial charge < -0.3 is 11.1 Å². The molecule has 1 heterocycles. The predicted molar refractivity (Wildman–Crippen MR) is 74.2 cm³/mol. The van der Waals surface area contributed by atoms with E-state index in [1.165, 1.54) is 17.4 Å². The summed E-state index contributed by atoms with van der Waals surface area (Å²) < 4.78 is 0.731. The average molecular weight is 284 g/mol. The first-order chi connectivity index (χ1) is 8.56. The van der Waals surface area contributed by atoms with Crippen LogP contribution in [0.15, 0.2) is 30.3 Å². The van der Waals surface area contributed by atoms with Crippen LogP contribution in [0.2, 0.25) is 4.34 Å². The molecule has 0 saturated heterocycles. The number of nitrogens with zero attached hydrogens (tertiary/aromatic N) is 1. The van der Waals surface area contributed by atoms with Gasteiger partial charge in [0, 0.05) is 23.2 Å². The van der Waals surface area contributed by atoms with Crippen molar-refractivity contribution in [2.24, 2.45) is 0 Å². The van der Waals surface area contributed by atoms with Gasteiger partial charge in [-0.25, -0.2) is 0 Å². The minimum absolute atomic E-state index is 0.0836. The zero-order valence-corrected chi connectivity index (χ0v) is 10.8. The van der Waals surface area contributed by atoms with E-state index < -0.39 is 4.92 Å². The van der Waals surface area contributed by atoms with Crippen molar-refractivity contribution >= 4 is 40.0 Å². The van der Waals surface area contributed by atoms with Crippen LogP contribution in [-0.2, 0) is 6.54 Å². The Labute approximate surface area is 112 Å². The Bertz CT molecular complexity index is 585. The summed E-state index contributed by atoms with van der Waals surface area (Å²) in [6.07, 6.45) is 0. The molecule has 18 heavy (non-hydrogen) atoms. The molecule has 3 N–H and O–H groups in total. The van der Waals surface area contributed by atoms with E-state index in [9.17, 15) is 10.1 Å². The number of nitrogen functional groups attached to an aromatic ring is 1. The second-order valence-electron chi connectivity index (χ2n) is 3.59. The molecule has 2 rings (SSSR count). The first-order valence-electron chi connectivity index (χ1n) is 5.08. The van der Waals surface area contributed by atoms with Gasteiger partial charge in [-0.2, -0.15) is 0 Å². The largest absolute Gasteiger partial charge is 0.393 e. The van der Waals surface area contributed by atoms with Crippen LogP contribution >= 0.6 is 22.9 Å². The van der Waals surface area contributed by atoms with Crippen LogP contribution in [0.25, 0.3) is 0 Å². The fraction of sp³-hybridized carbons (Fsp3) is 0.0909. The molecule has 0 unspecified atom stereocenters. The minimum Gasteiger partial charge on any atom is -0.393 e. The summed E-state index contributed by atoms with van der Waals surface area (Å²) in [5.74, 6) is 0. The molecule has 7 heteroatoms. The van der Waals surface area contributed by atoms with Crippen LogP contribution in [0.4, 0.5) is 17.1 Å².